The van der Waals surface area contributed by atoms with Crippen molar-refractivity contribution in [2.75, 3.05) is 0 Å². The molecule has 0 aliphatic carbocycles. The third kappa shape index (κ3) is 9.31. The Labute approximate surface area is 82.2 Å². The molecule has 0 saturated carbocycles. The maximum absolute atomic E-state index is 8.74. The molecule has 5 heteroatoms. The molecule has 0 amide bonds. The van der Waals surface area contributed by atoms with Gasteiger partial charge in [-0.15, -0.1) is 0 Å². The maximum Gasteiger partial charge on any atom is 0.314 e. The second kappa shape index (κ2) is 8.02. The Hall–Kier alpha value is -0.600. The van der Waals surface area contributed by atoms with Crippen LogP contribution in [0.4, 0.5) is 0 Å². The zero-order valence-corrected chi connectivity index (χ0v) is 8.48. The van der Waals surface area contributed by atoms with E-state index in [0.717, 1.165) is 5.56 Å². The predicted octanol–water partition coefficient (Wildman–Crippen LogP) is 2.26. The molecule has 0 radical (unpaired) electrons. The molecule has 0 aromatic heterocycles. The third-order valence-electron chi connectivity index (χ3n) is 1.06. The molecule has 3 nitrogen and oxygen atoms in total. The minimum Gasteiger partial charge on any atom is -0.326 e. The fraction of sp³-hybridized carbons (Fsp3) is 0. The quantitative estimate of drug-likeness (QED) is 0.714. The maximum atomic E-state index is 8.74. The van der Waals surface area contributed by atoms with Crippen molar-refractivity contribution in [2.24, 2.45) is 0 Å². The van der Waals surface area contributed by atoms with Crippen LogP contribution in [0.2, 0.25) is 0 Å². The van der Waals surface area contributed by atoms with Crippen LogP contribution in [0.5, 0.6) is 0 Å². The van der Waals surface area contributed by atoms with Crippen LogP contribution in [-0.2, 0) is 4.57 Å². The Morgan fingerprint density at radius 1 is 1.23 bits per heavy atom. The first-order valence-corrected chi connectivity index (χ1v) is 5.14. The minimum atomic E-state index is -3.13. The predicted molar refractivity (Wildman–Crippen MR) is 54.8 cm³/mol. The van der Waals surface area contributed by atoms with Crippen LogP contribution < -0.4 is 0 Å². The third-order valence-corrected chi connectivity index (χ3v) is 1.18. The Balaban J connectivity index is 0.000000310. The van der Waals surface area contributed by atoms with Gasteiger partial charge in [-0.05, 0) is 11.6 Å². The highest BCUT2D eigenvalue weighted by atomic mass is 35.5. The highest BCUT2D eigenvalue weighted by molar-refractivity contribution is 7.30. The number of hydrogen-bond donors (Lipinski definition) is 2. The zero-order valence-electron chi connectivity index (χ0n) is 6.72. The van der Waals surface area contributed by atoms with Crippen molar-refractivity contribution in [3.05, 3.63) is 41.4 Å². The Kier molecular flexibility index (Phi) is 7.65. The first kappa shape index (κ1) is 12.4. The van der Waals surface area contributed by atoms with Crippen LogP contribution in [0.25, 0.3) is 6.08 Å². The van der Waals surface area contributed by atoms with E-state index in [4.69, 9.17) is 26.0 Å². The van der Waals surface area contributed by atoms with Gasteiger partial charge in [0, 0.05) is 5.54 Å². The standard InChI is InChI=1S/C8H7Cl.H3O3P/c9-7-6-8-4-2-1-3-5-8;1-4(2)3/h1-7H;4H,(H2,1,2,3). The normalized spacial score (nSPS) is 9.85. The van der Waals surface area contributed by atoms with Crippen molar-refractivity contribution in [1.82, 2.24) is 0 Å². The van der Waals surface area contributed by atoms with E-state index in [1.807, 2.05) is 36.4 Å². The molecule has 0 saturated heterocycles. The first-order valence-electron chi connectivity index (χ1n) is 3.40. The molecular weight excluding hydrogens is 211 g/mol. The molecule has 1 rings (SSSR count). The zero-order chi connectivity index (χ0) is 10.1. The van der Waals surface area contributed by atoms with Crippen molar-refractivity contribution >= 4 is 25.9 Å². The summed E-state index contributed by atoms with van der Waals surface area (Å²) in [6, 6.07) is 9.93. The van der Waals surface area contributed by atoms with Gasteiger partial charge in [0.2, 0.25) is 0 Å². The van der Waals surface area contributed by atoms with Crippen LogP contribution in [0.1, 0.15) is 5.56 Å². The van der Waals surface area contributed by atoms with Crippen molar-refractivity contribution in [3.8, 4) is 0 Å². The van der Waals surface area contributed by atoms with E-state index >= 15 is 0 Å². The second-order valence-electron chi connectivity index (χ2n) is 1.99. The van der Waals surface area contributed by atoms with Gasteiger partial charge in [0.25, 0.3) is 0 Å². The van der Waals surface area contributed by atoms with Gasteiger partial charge in [-0.25, -0.2) is 0 Å². The van der Waals surface area contributed by atoms with Crippen molar-refractivity contribution in [1.29, 1.82) is 0 Å². The second-order valence-corrected chi connectivity index (χ2v) is 2.80. The Morgan fingerprint density at radius 2 is 1.69 bits per heavy atom. The van der Waals surface area contributed by atoms with E-state index in [9.17, 15) is 0 Å². The summed E-state index contributed by atoms with van der Waals surface area (Å²) in [4.78, 5) is 14.3. The fourth-order valence-electron chi connectivity index (χ4n) is 0.637. The summed E-state index contributed by atoms with van der Waals surface area (Å²) < 4.78 is 8.74. The lowest BCUT2D eigenvalue weighted by Gasteiger charge is -1.86. The van der Waals surface area contributed by atoms with Crippen molar-refractivity contribution in [3.63, 3.8) is 0 Å². The summed E-state index contributed by atoms with van der Waals surface area (Å²) in [5.41, 5.74) is 2.64. The van der Waals surface area contributed by atoms with Crippen LogP contribution in [0.15, 0.2) is 35.9 Å². The van der Waals surface area contributed by atoms with Gasteiger partial charge < -0.3 is 9.79 Å². The highest BCUT2D eigenvalue weighted by Gasteiger charge is 1.78. The molecule has 0 atom stereocenters. The molecule has 0 bridgehead atoms. The smallest absolute Gasteiger partial charge is 0.314 e. The summed E-state index contributed by atoms with van der Waals surface area (Å²) in [5, 5.41) is 0. The van der Waals surface area contributed by atoms with Crippen LogP contribution in [0.3, 0.4) is 0 Å². The summed E-state index contributed by atoms with van der Waals surface area (Å²) in [6.45, 7) is 0. The van der Waals surface area contributed by atoms with E-state index in [1.165, 1.54) is 5.54 Å². The van der Waals surface area contributed by atoms with Gasteiger partial charge in [0.05, 0.1) is 0 Å². The van der Waals surface area contributed by atoms with Gasteiger partial charge >= 0.3 is 8.25 Å². The molecule has 0 aliphatic heterocycles. The number of hydrogen-bond acceptors (Lipinski definition) is 1. The van der Waals surface area contributed by atoms with E-state index < -0.39 is 8.25 Å². The van der Waals surface area contributed by atoms with E-state index in [0.29, 0.717) is 0 Å². The van der Waals surface area contributed by atoms with Gasteiger partial charge in [0.15, 0.2) is 0 Å². The lowest BCUT2D eigenvalue weighted by molar-refractivity contribution is 0.405. The van der Waals surface area contributed by atoms with E-state index in [2.05, 4.69) is 0 Å². The monoisotopic (exact) mass is 220 g/mol. The molecule has 1 aromatic carbocycles. The van der Waals surface area contributed by atoms with Crippen LogP contribution in [-0.4, -0.2) is 9.79 Å². The molecule has 0 fully saturated rings. The molecule has 1 aromatic rings. The highest BCUT2D eigenvalue weighted by Crippen LogP contribution is 2.00. The average molecular weight is 221 g/mol. The van der Waals surface area contributed by atoms with E-state index in [1.54, 1.807) is 0 Å². The van der Waals surface area contributed by atoms with Gasteiger partial charge in [-0.3, -0.25) is 4.57 Å². The minimum absolute atomic E-state index is 1.13. The van der Waals surface area contributed by atoms with E-state index in [-0.39, 0.29) is 0 Å². The molecule has 2 N–H and O–H groups in total. The van der Waals surface area contributed by atoms with Crippen LogP contribution in [0, 0.1) is 0 Å². The molecular formula is C8H10ClO3P. The molecule has 0 aliphatic rings. The number of benzene rings is 1. The van der Waals surface area contributed by atoms with Gasteiger partial charge in [-0.2, -0.15) is 0 Å². The van der Waals surface area contributed by atoms with Crippen LogP contribution >= 0.6 is 19.9 Å². The van der Waals surface area contributed by atoms with Gasteiger partial charge in [-0.1, -0.05) is 41.9 Å². The first-order chi connectivity index (χ1) is 6.16. The number of rotatable bonds is 1. The van der Waals surface area contributed by atoms with Crippen molar-refractivity contribution in [2.45, 2.75) is 0 Å². The van der Waals surface area contributed by atoms with Crippen molar-refractivity contribution < 1.29 is 14.4 Å². The summed E-state index contributed by atoms with van der Waals surface area (Å²) in [7, 11) is -3.13. The molecule has 0 heterocycles. The average Bonchev–Trinajstić information content (AvgIpc) is 2.06. The summed E-state index contributed by atoms with van der Waals surface area (Å²) in [5.74, 6) is 0. The lowest BCUT2D eigenvalue weighted by Crippen LogP contribution is -1.64. The topological polar surface area (TPSA) is 57.5 Å². The summed E-state index contributed by atoms with van der Waals surface area (Å²) >= 11 is 5.36. The molecule has 13 heavy (non-hydrogen) atoms. The SMILES string of the molecule is ClC=Cc1ccccc1.O=[PH](O)O. The fourth-order valence-corrected chi connectivity index (χ4v) is 0.782. The largest absolute Gasteiger partial charge is 0.326 e. The lowest BCUT2D eigenvalue weighted by atomic mass is 10.2. The Bertz CT molecular complexity index is 270. The summed E-state index contributed by atoms with van der Waals surface area (Å²) in [6.07, 6.45) is 1.85. The molecule has 72 valence electrons. The molecule has 0 spiro atoms. The molecule has 0 unspecified atom stereocenters. The number of halogens is 1. The Morgan fingerprint density at radius 3 is 2.08 bits per heavy atom. The van der Waals surface area contributed by atoms with Gasteiger partial charge in [0.1, 0.15) is 0 Å².